The summed E-state index contributed by atoms with van der Waals surface area (Å²) in [5, 5.41) is 14.3. The van der Waals surface area contributed by atoms with Gasteiger partial charge in [-0.2, -0.15) is 0 Å². The van der Waals surface area contributed by atoms with Crippen LogP contribution in [0.25, 0.3) is 0 Å². The van der Waals surface area contributed by atoms with E-state index in [1.54, 1.807) is 42.0 Å². The topological polar surface area (TPSA) is 98.1 Å². The number of carbonyl (C=O) groups is 2. The van der Waals surface area contributed by atoms with Crippen LogP contribution in [0.1, 0.15) is 16.2 Å². The van der Waals surface area contributed by atoms with Gasteiger partial charge in [-0.15, -0.1) is 16.8 Å². The molecular formula is C22H22FN5O3S. The third kappa shape index (κ3) is 6.17. The van der Waals surface area contributed by atoms with Crippen molar-refractivity contribution in [1.82, 2.24) is 20.1 Å². The van der Waals surface area contributed by atoms with E-state index >= 15 is 0 Å². The Morgan fingerprint density at radius 1 is 1.22 bits per heavy atom. The van der Waals surface area contributed by atoms with Crippen LogP contribution in [0.15, 0.2) is 66.3 Å². The van der Waals surface area contributed by atoms with Crippen LogP contribution in [-0.2, 0) is 17.9 Å². The molecule has 0 spiro atoms. The van der Waals surface area contributed by atoms with Crippen molar-refractivity contribution < 1.29 is 18.7 Å². The third-order valence-corrected chi connectivity index (χ3v) is 5.27. The Morgan fingerprint density at radius 2 is 2.00 bits per heavy atom. The highest BCUT2D eigenvalue weighted by Gasteiger charge is 2.15. The van der Waals surface area contributed by atoms with E-state index in [0.717, 1.165) is 0 Å². The fourth-order valence-corrected chi connectivity index (χ4v) is 3.53. The Hall–Kier alpha value is -3.66. The average Bonchev–Trinajstić information content (AvgIpc) is 3.18. The number of nitrogens with one attached hydrogen (secondary N) is 2. The molecule has 2 N–H and O–H groups in total. The van der Waals surface area contributed by atoms with Crippen molar-refractivity contribution in [2.75, 3.05) is 18.2 Å². The van der Waals surface area contributed by atoms with Crippen LogP contribution in [0.4, 0.5) is 10.1 Å². The molecule has 0 aliphatic heterocycles. The van der Waals surface area contributed by atoms with Gasteiger partial charge in [-0.3, -0.25) is 9.59 Å². The van der Waals surface area contributed by atoms with Gasteiger partial charge in [0.2, 0.25) is 5.91 Å². The lowest BCUT2D eigenvalue weighted by Gasteiger charge is -2.09. The predicted octanol–water partition coefficient (Wildman–Crippen LogP) is 3.27. The van der Waals surface area contributed by atoms with Crippen LogP contribution in [0, 0.1) is 5.82 Å². The Morgan fingerprint density at radius 3 is 2.72 bits per heavy atom. The summed E-state index contributed by atoms with van der Waals surface area (Å²) in [5.41, 5.74) is 0.969. The summed E-state index contributed by atoms with van der Waals surface area (Å²) in [6, 6.07) is 12.3. The number of aromatic nitrogens is 3. The third-order valence-electron chi connectivity index (χ3n) is 4.30. The molecule has 32 heavy (non-hydrogen) atoms. The average molecular weight is 456 g/mol. The zero-order chi connectivity index (χ0) is 22.9. The molecule has 10 heteroatoms. The number of nitrogens with zero attached hydrogens (tertiary/aromatic N) is 3. The fraction of sp³-hybridized carbons (Fsp3) is 0.182. The lowest BCUT2D eigenvalue weighted by atomic mass is 10.2. The number of benzene rings is 2. The molecule has 2 aromatic carbocycles. The van der Waals surface area contributed by atoms with Gasteiger partial charge in [0.05, 0.1) is 19.4 Å². The van der Waals surface area contributed by atoms with Crippen molar-refractivity contribution in [2.24, 2.45) is 0 Å². The normalized spacial score (nSPS) is 10.4. The summed E-state index contributed by atoms with van der Waals surface area (Å²) in [6.45, 7) is 4.27. The van der Waals surface area contributed by atoms with Gasteiger partial charge in [0.1, 0.15) is 11.6 Å². The molecule has 3 rings (SSSR count). The first kappa shape index (κ1) is 23.0. The highest BCUT2D eigenvalue weighted by atomic mass is 32.2. The van der Waals surface area contributed by atoms with E-state index in [1.807, 2.05) is 0 Å². The van der Waals surface area contributed by atoms with Gasteiger partial charge in [-0.05, 0) is 36.4 Å². The van der Waals surface area contributed by atoms with E-state index in [9.17, 15) is 14.0 Å². The van der Waals surface area contributed by atoms with E-state index < -0.39 is 5.82 Å². The van der Waals surface area contributed by atoms with Crippen molar-refractivity contribution >= 4 is 29.3 Å². The molecule has 0 radical (unpaired) electrons. The van der Waals surface area contributed by atoms with E-state index in [2.05, 4.69) is 27.4 Å². The Labute approximate surface area is 188 Å². The van der Waals surface area contributed by atoms with Gasteiger partial charge in [-0.25, -0.2) is 4.39 Å². The molecule has 166 valence electrons. The molecule has 0 saturated carbocycles. The van der Waals surface area contributed by atoms with Gasteiger partial charge in [0.25, 0.3) is 5.91 Å². The molecule has 0 saturated heterocycles. The summed E-state index contributed by atoms with van der Waals surface area (Å²) < 4.78 is 19.9. The minimum absolute atomic E-state index is 0.119. The quantitative estimate of drug-likeness (QED) is 0.360. The SMILES string of the molecule is C=CCn1c(CNC(=O)c2ccc(F)cc2)nnc1SCC(=O)Nc1cccc(OC)c1. The van der Waals surface area contributed by atoms with Crippen molar-refractivity contribution in [3.63, 3.8) is 0 Å². The van der Waals surface area contributed by atoms with Crippen molar-refractivity contribution in [2.45, 2.75) is 18.2 Å². The number of halogens is 1. The second kappa shape index (κ2) is 11.1. The minimum Gasteiger partial charge on any atom is -0.497 e. The van der Waals surface area contributed by atoms with Crippen LogP contribution < -0.4 is 15.4 Å². The number of allylic oxidation sites excluding steroid dienone is 1. The fourth-order valence-electron chi connectivity index (χ4n) is 2.76. The Balaban J connectivity index is 1.59. The number of hydrogen-bond acceptors (Lipinski definition) is 6. The summed E-state index contributed by atoms with van der Waals surface area (Å²) >= 11 is 1.22. The van der Waals surface area contributed by atoms with Gasteiger partial charge in [0.15, 0.2) is 11.0 Å². The largest absolute Gasteiger partial charge is 0.497 e. The molecule has 1 aromatic heterocycles. The molecule has 0 atom stereocenters. The van der Waals surface area contributed by atoms with Crippen LogP contribution >= 0.6 is 11.8 Å². The van der Waals surface area contributed by atoms with Gasteiger partial charge in [0, 0.05) is 23.9 Å². The van der Waals surface area contributed by atoms with Gasteiger partial charge < -0.3 is 19.9 Å². The molecule has 1 heterocycles. The number of anilines is 1. The van der Waals surface area contributed by atoms with Gasteiger partial charge >= 0.3 is 0 Å². The van der Waals surface area contributed by atoms with E-state index in [1.165, 1.54) is 36.0 Å². The van der Waals surface area contributed by atoms with E-state index in [-0.39, 0.29) is 24.1 Å². The number of ether oxygens (including phenoxy) is 1. The highest BCUT2D eigenvalue weighted by Crippen LogP contribution is 2.20. The van der Waals surface area contributed by atoms with Crippen LogP contribution in [0.3, 0.4) is 0 Å². The second-order valence-electron chi connectivity index (χ2n) is 6.56. The molecule has 8 nitrogen and oxygen atoms in total. The predicted molar refractivity (Wildman–Crippen MR) is 120 cm³/mol. The number of carbonyl (C=O) groups excluding carboxylic acids is 2. The summed E-state index contributed by atoms with van der Waals surface area (Å²) in [6.07, 6.45) is 1.68. The first-order valence-corrected chi connectivity index (χ1v) is 10.6. The number of methoxy groups -OCH3 is 1. The monoisotopic (exact) mass is 455 g/mol. The first-order chi connectivity index (χ1) is 15.5. The zero-order valence-electron chi connectivity index (χ0n) is 17.4. The standard InChI is InChI=1S/C22H22FN5O3S/c1-3-11-28-19(13-24-21(30)15-7-9-16(23)10-8-15)26-27-22(28)32-14-20(29)25-17-5-4-6-18(12-17)31-2/h3-10,12H,1,11,13-14H2,2H3,(H,24,30)(H,25,29). The van der Waals surface area contributed by atoms with E-state index in [0.29, 0.717) is 34.5 Å². The molecule has 0 unspecified atom stereocenters. The maximum Gasteiger partial charge on any atom is 0.251 e. The molecule has 0 aliphatic carbocycles. The summed E-state index contributed by atoms with van der Waals surface area (Å²) in [5.74, 6) is 0.301. The lowest BCUT2D eigenvalue weighted by molar-refractivity contribution is -0.113. The molecule has 0 aliphatic rings. The van der Waals surface area contributed by atoms with Gasteiger partial charge in [-0.1, -0.05) is 23.9 Å². The maximum absolute atomic E-state index is 13.0. The smallest absolute Gasteiger partial charge is 0.251 e. The maximum atomic E-state index is 13.0. The van der Waals surface area contributed by atoms with Crippen LogP contribution in [0.2, 0.25) is 0 Å². The van der Waals surface area contributed by atoms with Crippen LogP contribution in [0.5, 0.6) is 5.75 Å². The number of amides is 2. The first-order valence-electron chi connectivity index (χ1n) is 9.63. The molecule has 0 bridgehead atoms. The van der Waals surface area contributed by atoms with Crippen LogP contribution in [-0.4, -0.2) is 39.4 Å². The van der Waals surface area contributed by atoms with Crippen molar-refractivity contribution in [3.8, 4) is 5.75 Å². The molecular weight excluding hydrogens is 433 g/mol. The van der Waals surface area contributed by atoms with Crippen molar-refractivity contribution in [3.05, 3.63) is 78.4 Å². The number of hydrogen-bond donors (Lipinski definition) is 2. The van der Waals surface area contributed by atoms with E-state index in [4.69, 9.17) is 4.74 Å². The zero-order valence-corrected chi connectivity index (χ0v) is 18.2. The Kier molecular flexibility index (Phi) is 7.98. The lowest BCUT2D eigenvalue weighted by Crippen LogP contribution is -2.25. The Bertz CT molecular complexity index is 1100. The van der Waals surface area contributed by atoms with Crippen molar-refractivity contribution in [1.29, 1.82) is 0 Å². The molecule has 0 fully saturated rings. The molecule has 3 aromatic rings. The minimum atomic E-state index is -0.413. The summed E-state index contributed by atoms with van der Waals surface area (Å²) in [7, 11) is 1.56. The molecule has 2 amide bonds. The summed E-state index contributed by atoms with van der Waals surface area (Å²) in [4.78, 5) is 24.6. The number of thioether (sulfide) groups is 1. The number of rotatable bonds is 10. The second-order valence-corrected chi connectivity index (χ2v) is 7.50. The highest BCUT2D eigenvalue weighted by molar-refractivity contribution is 7.99.